The highest BCUT2D eigenvalue weighted by molar-refractivity contribution is 9.10. The average Bonchev–Trinajstić information content (AvgIpc) is 3.47. The van der Waals surface area contributed by atoms with Gasteiger partial charge in [0.25, 0.3) is 11.8 Å². The number of nitrogens with zero attached hydrogens (tertiary/aromatic N) is 1. The summed E-state index contributed by atoms with van der Waals surface area (Å²) in [6.45, 7) is 0. The van der Waals surface area contributed by atoms with Crippen LogP contribution in [0.2, 0.25) is 0 Å². The van der Waals surface area contributed by atoms with Crippen molar-refractivity contribution in [3.05, 3.63) is 122 Å². The lowest BCUT2D eigenvalue weighted by Crippen LogP contribution is -2.32. The zero-order valence-corrected chi connectivity index (χ0v) is 23.0. The van der Waals surface area contributed by atoms with Crippen molar-refractivity contribution in [2.45, 2.75) is 0 Å². The Morgan fingerprint density at radius 1 is 0.897 bits per heavy atom. The molecule has 0 aliphatic heterocycles. The maximum Gasteiger partial charge on any atom is 0.343 e. The van der Waals surface area contributed by atoms with Gasteiger partial charge in [-0.2, -0.15) is 5.10 Å². The Labute approximate surface area is 237 Å². The van der Waals surface area contributed by atoms with Gasteiger partial charge in [-0.15, -0.1) is 11.3 Å². The van der Waals surface area contributed by atoms with Gasteiger partial charge < -0.3 is 14.8 Å². The van der Waals surface area contributed by atoms with Crippen molar-refractivity contribution in [1.29, 1.82) is 0 Å². The van der Waals surface area contributed by atoms with Crippen LogP contribution in [0.1, 0.15) is 31.2 Å². The first kappa shape index (κ1) is 27.5. The van der Waals surface area contributed by atoms with Crippen molar-refractivity contribution < 1.29 is 23.9 Å². The number of ether oxygens (including phenoxy) is 2. The van der Waals surface area contributed by atoms with Crippen LogP contribution in [0, 0.1) is 0 Å². The molecule has 4 rings (SSSR count). The van der Waals surface area contributed by atoms with E-state index in [9.17, 15) is 14.4 Å². The van der Waals surface area contributed by atoms with E-state index in [0.717, 1.165) is 9.35 Å². The van der Waals surface area contributed by atoms with Crippen LogP contribution in [0.3, 0.4) is 0 Å². The standard InChI is InChI=1S/C29H22BrN3O5S/c1-37-26-15-19(12-13-25(26)38-29(36)21-9-5-10-22(30)16-21)18-31-33-28(35)24(17-23-11-6-14-39-23)32-27(34)20-7-3-2-4-8-20/h2-18H,1H3,(H,32,34)(H,33,35)/b24-17+,31-18-. The van der Waals surface area contributed by atoms with Crippen molar-refractivity contribution >= 4 is 57.3 Å². The number of rotatable bonds is 9. The molecule has 2 amide bonds. The van der Waals surface area contributed by atoms with E-state index in [1.165, 1.54) is 24.7 Å². The highest BCUT2D eigenvalue weighted by Gasteiger charge is 2.15. The van der Waals surface area contributed by atoms with Crippen LogP contribution in [-0.4, -0.2) is 31.1 Å². The van der Waals surface area contributed by atoms with Gasteiger partial charge in [-0.25, -0.2) is 10.2 Å². The highest BCUT2D eigenvalue weighted by atomic mass is 79.9. The Balaban J connectivity index is 1.45. The van der Waals surface area contributed by atoms with Gasteiger partial charge in [0.15, 0.2) is 11.5 Å². The maximum absolute atomic E-state index is 12.9. The third-order valence-electron chi connectivity index (χ3n) is 5.19. The molecule has 1 heterocycles. The van der Waals surface area contributed by atoms with Crippen LogP contribution in [0.5, 0.6) is 11.5 Å². The average molecular weight is 604 g/mol. The number of thiophene rings is 1. The number of halogens is 1. The first-order valence-electron chi connectivity index (χ1n) is 11.5. The SMILES string of the molecule is COc1cc(/C=N\NC(=O)/C(=C\c2cccs2)NC(=O)c2ccccc2)ccc1OC(=O)c1cccc(Br)c1. The predicted molar refractivity (Wildman–Crippen MR) is 154 cm³/mol. The Morgan fingerprint density at radius 3 is 2.41 bits per heavy atom. The zero-order valence-electron chi connectivity index (χ0n) is 20.6. The van der Waals surface area contributed by atoms with Gasteiger partial charge in [0.2, 0.25) is 0 Å². The molecule has 0 fully saturated rings. The third kappa shape index (κ3) is 7.73. The number of amides is 2. The fourth-order valence-electron chi connectivity index (χ4n) is 3.31. The fourth-order valence-corrected chi connectivity index (χ4v) is 4.36. The second-order valence-corrected chi connectivity index (χ2v) is 9.80. The molecule has 8 nitrogen and oxygen atoms in total. The summed E-state index contributed by atoms with van der Waals surface area (Å²) in [5.41, 5.74) is 3.84. The molecular weight excluding hydrogens is 582 g/mol. The van der Waals surface area contributed by atoms with Crippen molar-refractivity contribution in [3.8, 4) is 11.5 Å². The lowest BCUT2D eigenvalue weighted by Gasteiger charge is -2.10. The molecule has 0 aliphatic carbocycles. The lowest BCUT2D eigenvalue weighted by atomic mass is 10.2. The van der Waals surface area contributed by atoms with Crippen LogP contribution < -0.4 is 20.2 Å². The molecule has 2 N–H and O–H groups in total. The molecule has 0 atom stereocenters. The smallest absolute Gasteiger partial charge is 0.343 e. The monoisotopic (exact) mass is 603 g/mol. The van der Waals surface area contributed by atoms with Gasteiger partial charge >= 0.3 is 5.97 Å². The molecular formula is C29H22BrN3O5S. The topological polar surface area (TPSA) is 106 Å². The van der Waals surface area contributed by atoms with Crippen LogP contribution in [0.15, 0.2) is 106 Å². The number of carbonyl (C=O) groups is 3. The Bertz CT molecular complexity index is 1540. The normalized spacial score (nSPS) is 11.2. The number of methoxy groups -OCH3 is 1. The summed E-state index contributed by atoms with van der Waals surface area (Å²) in [5, 5.41) is 8.53. The molecule has 0 bridgehead atoms. The molecule has 0 saturated heterocycles. The van der Waals surface area contributed by atoms with Crippen molar-refractivity contribution in [1.82, 2.24) is 10.7 Å². The minimum atomic E-state index is -0.601. The van der Waals surface area contributed by atoms with Crippen LogP contribution in [-0.2, 0) is 4.79 Å². The minimum Gasteiger partial charge on any atom is -0.493 e. The predicted octanol–water partition coefficient (Wildman–Crippen LogP) is 5.66. The molecule has 0 aliphatic rings. The largest absolute Gasteiger partial charge is 0.493 e. The summed E-state index contributed by atoms with van der Waals surface area (Å²) >= 11 is 4.76. The van der Waals surface area contributed by atoms with Gasteiger partial charge in [0, 0.05) is 14.9 Å². The van der Waals surface area contributed by atoms with E-state index in [1.54, 1.807) is 72.8 Å². The molecule has 10 heteroatoms. The van der Waals surface area contributed by atoms with E-state index in [0.29, 0.717) is 22.4 Å². The molecule has 196 valence electrons. The lowest BCUT2D eigenvalue weighted by molar-refractivity contribution is -0.117. The van der Waals surface area contributed by atoms with E-state index < -0.39 is 17.8 Å². The van der Waals surface area contributed by atoms with Gasteiger partial charge in [-0.05, 0) is 71.6 Å². The van der Waals surface area contributed by atoms with Gasteiger partial charge in [-0.3, -0.25) is 9.59 Å². The molecule has 0 spiro atoms. The van der Waals surface area contributed by atoms with Crippen LogP contribution in [0.4, 0.5) is 0 Å². The number of hydrogen-bond acceptors (Lipinski definition) is 7. The van der Waals surface area contributed by atoms with Gasteiger partial charge in [0.05, 0.1) is 18.9 Å². The molecule has 4 aromatic rings. The van der Waals surface area contributed by atoms with E-state index >= 15 is 0 Å². The summed E-state index contributed by atoms with van der Waals surface area (Å²) in [7, 11) is 1.45. The summed E-state index contributed by atoms with van der Waals surface area (Å²) in [6, 6.07) is 23.9. The molecule has 0 radical (unpaired) electrons. The number of nitrogens with one attached hydrogen (secondary N) is 2. The number of esters is 1. The van der Waals surface area contributed by atoms with E-state index in [4.69, 9.17) is 9.47 Å². The number of hydrogen-bond donors (Lipinski definition) is 2. The third-order valence-corrected chi connectivity index (χ3v) is 6.50. The van der Waals surface area contributed by atoms with Crippen LogP contribution in [0.25, 0.3) is 6.08 Å². The number of hydrazone groups is 1. The highest BCUT2D eigenvalue weighted by Crippen LogP contribution is 2.28. The first-order chi connectivity index (χ1) is 18.9. The van der Waals surface area contributed by atoms with Gasteiger partial charge in [-0.1, -0.05) is 46.3 Å². The van der Waals surface area contributed by atoms with Gasteiger partial charge in [0.1, 0.15) is 5.70 Å². The summed E-state index contributed by atoms with van der Waals surface area (Å²) in [5.74, 6) is -1.02. The molecule has 1 aromatic heterocycles. The van der Waals surface area contributed by atoms with E-state index in [-0.39, 0.29) is 11.4 Å². The second kappa shape index (κ2) is 13.3. The number of benzene rings is 3. The van der Waals surface area contributed by atoms with Crippen molar-refractivity contribution in [2.24, 2.45) is 5.10 Å². The fraction of sp³-hybridized carbons (Fsp3) is 0.0345. The summed E-state index contributed by atoms with van der Waals surface area (Å²) in [4.78, 5) is 38.8. The quantitative estimate of drug-likeness (QED) is 0.0844. The van der Waals surface area contributed by atoms with Crippen molar-refractivity contribution in [3.63, 3.8) is 0 Å². The molecule has 3 aromatic carbocycles. The first-order valence-corrected chi connectivity index (χ1v) is 13.2. The minimum absolute atomic E-state index is 0.0378. The molecule has 39 heavy (non-hydrogen) atoms. The Kier molecular flexibility index (Phi) is 9.39. The summed E-state index contributed by atoms with van der Waals surface area (Å²) in [6.07, 6.45) is 2.98. The zero-order chi connectivity index (χ0) is 27.6. The second-order valence-electron chi connectivity index (χ2n) is 7.90. The van der Waals surface area contributed by atoms with E-state index in [1.807, 2.05) is 23.6 Å². The van der Waals surface area contributed by atoms with E-state index in [2.05, 4.69) is 31.8 Å². The Morgan fingerprint density at radius 2 is 1.69 bits per heavy atom. The maximum atomic E-state index is 12.9. The van der Waals surface area contributed by atoms with Crippen LogP contribution >= 0.6 is 27.3 Å². The van der Waals surface area contributed by atoms with Crippen molar-refractivity contribution in [2.75, 3.05) is 7.11 Å². The molecule has 0 saturated carbocycles. The Hall–Kier alpha value is -4.54. The molecule has 0 unspecified atom stereocenters. The number of carbonyl (C=O) groups excluding carboxylic acids is 3. The summed E-state index contributed by atoms with van der Waals surface area (Å²) < 4.78 is 11.6.